The van der Waals surface area contributed by atoms with Crippen molar-refractivity contribution in [3.8, 4) is 0 Å². The smallest absolute Gasteiger partial charge is 0.277 e. The van der Waals surface area contributed by atoms with Crippen LogP contribution in [0.25, 0.3) is 0 Å². The van der Waals surface area contributed by atoms with E-state index in [4.69, 9.17) is 4.74 Å². The highest BCUT2D eigenvalue weighted by Crippen LogP contribution is 2.10. The van der Waals surface area contributed by atoms with E-state index in [1.807, 2.05) is 4.90 Å². The summed E-state index contributed by atoms with van der Waals surface area (Å²) < 4.78 is 5.54. The summed E-state index contributed by atoms with van der Waals surface area (Å²) in [6, 6.07) is 0. The van der Waals surface area contributed by atoms with Crippen molar-refractivity contribution < 1.29 is 14.8 Å². The fourth-order valence-electron chi connectivity index (χ4n) is 2.67. The molecule has 0 saturated carbocycles. The van der Waals surface area contributed by atoms with E-state index < -0.39 is 0 Å². The second-order valence-electron chi connectivity index (χ2n) is 5.16. The van der Waals surface area contributed by atoms with Crippen molar-refractivity contribution in [1.82, 2.24) is 4.90 Å². The van der Waals surface area contributed by atoms with Gasteiger partial charge in [0.2, 0.25) is 0 Å². The molecule has 0 aromatic rings. The predicted octanol–water partition coefficient (Wildman–Crippen LogP) is 0.131. The first kappa shape index (κ1) is 12.8. The summed E-state index contributed by atoms with van der Waals surface area (Å²) in [5.41, 5.74) is 0. The third kappa shape index (κ3) is 4.28. The van der Waals surface area contributed by atoms with E-state index in [1.54, 1.807) is 0 Å². The fraction of sp³-hybridized carbons (Fsp3) is 0.923. The first-order chi connectivity index (χ1) is 8.36. The van der Waals surface area contributed by atoms with E-state index in [0.717, 1.165) is 32.7 Å². The molecule has 17 heavy (non-hydrogen) atoms. The zero-order valence-electron chi connectivity index (χ0n) is 10.7. The molecule has 0 aromatic carbocycles. The third-order valence-corrected chi connectivity index (χ3v) is 3.73. The molecular formula is C13H25N2O2+. The van der Waals surface area contributed by atoms with E-state index in [2.05, 4.69) is 5.32 Å². The summed E-state index contributed by atoms with van der Waals surface area (Å²) in [6.45, 7) is 4.37. The summed E-state index contributed by atoms with van der Waals surface area (Å²) in [4.78, 5) is 14.0. The molecule has 2 rings (SSSR count). The largest absolute Gasteiger partial charge is 0.372 e. The molecule has 0 aliphatic carbocycles. The van der Waals surface area contributed by atoms with Crippen LogP contribution >= 0.6 is 0 Å². The highest BCUT2D eigenvalue weighted by atomic mass is 16.5. The number of carbonyl (C=O) groups excluding carboxylic acids is 1. The normalized spacial score (nSPS) is 25.9. The van der Waals surface area contributed by atoms with Crippen molar-refractivity contribution in [3.05, 3.63) is 0 Å². The Balaban J connectivity index is 1.61. The van der Waals surface area contributed by atoms with Crippen LogP contribution in [0.1, 0.15) is 38.5 Å². The molecule has 0 bridgehead atoms. The maximum atomic E-state index is 12.0. The van der Waals surface area contributed by atoms with Crippen molar-refractivity contribution in [2.24, 2.45) is 0 Å². The Morgan fingerprint density at radius 1 is 1.18 bits per heavy atom. The van der Waals surface area contributed by atoms with Crippen molar-refractivity contribution in [3.63, 3.8) is 0 Å². The number of carbonyl (C=O) groups is 1. The van der Waals surface area contributed by atoms with Crippen LogP contribution in [-0.4, -0.2) is 49.7 Å². The molecule has 2 aliphatic heterocycles. The Morgan fingerprint density at radius 2 is 1.94 bits per heavy atom. The molecule has 2 aliphatic rings. The molecule has 2 fully saturated rings. The Bertz CT molecular complexity index is 232. The van der Waals surface area contributed by atoms with Crippen LogP contribution in [0.3, 0.4) is 0 Å². The Kier molecular flexibility index (Phi) is 5.26. The SMILES string of the molecule is O=C(C[NH2+]C[C@H]1CCCO1)N1CCCCCC1. The molecule has 2 heterocycles. The zero-order chi connectivity index (χ0) is 11.9. The van der Waals surface area contributed by atoms with Crippen molar-refractivity contribution in [2.75, 3.05) is 32.8 Å². The van der Waals surface area contributed by atoms with Crippen LogP contribution in [0.15, 0.2) is 0 Å². The highest BCUT2D eigenvalue weighted by Gasteiger charge is 2.20. The topological polar surface area (TPSA) is 46.1 Å². The van der Waals surface area contributed by atoms with E-state index in [1.165, 1.54) is 32.1 Å². The molecule has 1 atom stereocenters. The van der Waals surface area contributed by atoms with Gasteiger partial charge in [-0.1, -0.05) is 12.8 Å². The number of hydrogen-bond donors (Lipinski definition) is 1. The van der Waals surface area contributed by atoms with Crippen LogP contribution in [-0.2, 0) is 9.53 Å². The lowest BCUT2D eigenvalue weighted by Crippen LogP contribution is -2.88. The van der Waals surface area contributed by atoms with Crippen LogP contribution in [0.4, 0.5) is 0 Å². The van der Waals surface area contributed by atoms with Gasteiger partial charge in [0.25, 0.3) is 5.91 Å². The lowest BCUT2D eigenvalue weighted by molar-refractivity contribution is -0.650. The zero-order valence-corrected chi connectivity index (χ0v) is 10.7. The van der Waals surface area contributed by atoms with E-state index >= 15 is 0 Å². The Labute approximate surface area is 104 Å². The van der Waals surface area contributed by atoms with Crippen molar-refractivity contribution in [2.45, 2.75) is 44.6 Å². The highest BCUT2D eigenvalue weighted by molar-refractivity contribution is 5.76. The minimum Gasteiger partial charge on any atom is -0.372 e. The molecule has 0 radical (unpaired) electrons. The van der Waals surface area contributed by atoms with Gasteiger partial charge < -0.3 is 15.0 Å². The first-order valence-electron chi connectivity index (χ1n) is 7.07. The Morgan fingerprint density at radius 3 is 2.59 bits per heavy atom. The summed E-state index contributed by atoms with van der Waals surface area (Å²) in [5, 5.41) is 2.11. The molecule has 0 unspecified atom stereocenters. The van der Waals surface area contributed by atoms with Gasteiger partial charge in [-0.15, -0.1) is 0 Å². The van der Waals surface area contributed by atoms with Gasteiger partial charge in [-0.05, 0) is 25.7 Å². The van der Waals surface area contributed by atoms with Crippen molar-refractivity contribution in [1.29, 1.82) is 0 Å². The van der Waals surface area contributed by atoms with Gasteiger partial charge in [0.1, 0.15) is 12.6 Å². The number of likely N-dealkylation sites (tertiary alicyclic amines) is 1. The first-order valence-corrected chi connectivity index (χ1v) is 7.07. The van der Waals surface area contributed by atoms with Crippen LogP contribution in [0, 0.1) is 0 Å². The Hall–Kier alpha value is -0.610. The summed E-state index contributed by atoms with van der Waals surface area (Å²) in [7, 11) is 0. The van der Waals surface area contributed by atoms with E-state index in [0.29, 0.717) is 18.6 Å². The minimum absolute atomic E-state index is 0.310. The quantitative estimate of drug-likeness (QED) is 0.760. The molecule has 0 aromatic heterocycles. The van der Waals surface area contributed by atoms with Crippen LogP contribution in [0.2, 0.25) is 0 Å². The van der Waals surface area contributed by atoms with Gasteiger partial charge in [-0.25, -0.2) is 0 Å². The molecule has 4 nitrogen and oxygen atoms in total. The molecule has 4 heteroatoms. The number of amides is 1. The maximum absolute atomic E-state index is 12.0. The number of rotatable bonds is 4. The molecular weight excluding hydrogens is 216 g/mol. The van der Waals surface area contributed by atoms with Gasteiger partial charge in [0, 0.05) is 19.7 Å². The lowest BCUT2D eigenvalue weighted by atomic mass is 10.2. The molecule has 1 amide bonds. The number of nitrogens with two attached hydrogens (primary N) is 1. The van der Waals surface area contributed by atoms with Gasteiger partial charge in [-0.2, -0.15) is 0 Å². The second-order valence-corrected chi connectivity index (χ2v) is 5.16. The maximum Gasteiger partial charge on any atom is 0.277 e. The van der Waals surface area contributed by atoms with Gasteiger partial charge >= 0.3 is 0 Å². The third-order valence-electron chi connectivity index (χ3n) is 3.73. The summed E-state index contributed by atoms with van der Waals surface area (Å²) in [5.74, 6) is 0.310. The predicted molar refractivity (Wildman–Crippen MR) is 65.7 cm³/mol. The van der Waals surface area contributed by atoms with E-state index in [-0.39, 0.29) is 0 Å². The molecule has 2 saturated heterocycles. The average molecular weight is 241 g/mol. The standard InChI is InChI=1S/C13H24N2O2/c16-13(15-7-3-1-2-4-8-15)11-14-10-12-6-5-9-17-12/h12,14H,1-11H2/p+1/t12-/m1/s1. The number of nitrogens with zero attached hydrogens (tertiary/aromatic N) is 1. The number of ether oxygens (including phenoxy) is 1. The summed E-state index contributed by atoms with van der Waals surface area (Å²) >= 11 is 0. The van der Waals surface area contributed by atoms with E-state index in [9.17, 15) is 4.79 Å². The number of quaternary nitrogens is 1. The minimum atomic E-state index is 0.310. The van der Waals surface area contributed by atoms with Crippen LogP contribution in [0.5, 0.6) is 0 Å². The van der Waals surface area contributed by atoms with Gasteiger partial charge in [0.05, 0.1) is 0 Å². The second kappa shape index (κ2) is 6.97. The molecule has 2 N–H and O–H groups in total. The molecule has 98 valence electrons. The average Bonchev–Trinajstić information content (AvgIpc) is 2.69. The van der Waals surface area contributed by atoms with Crippen LogP contribution < -0.4 is 5.32 Å². The molecule has 0 spiro atoms. The number of hydrogen-bond acceptors (Lipinski definition) is 2. The fourth-order valence-corrected chi connectivity index (χ4v) is 2.67. The summed E-state index contributed by atoms with van der Waals surface area (Å²) in [6.07, 6.45) is 7.64. The van der Waals surface area contributed by atoms with Gasteiger partial charge in [-0.3, -0.25) is 4.79 Å². The lowest BCUT2D eigenvalue weighted by Gasteiger charge is -2.19. The van der Waals surface area contributed by atoms with Crippen molar-refractivity contribution >= 4 is 5.91 Å². The monoisotopic (exact) mass is 241 g/mol. The van der Waals surface area contributed by atoms with Gasteiger partial charge in [0.15, 0.2) is 6.54 Å².